The number of pyridine rings is 1. The van der Waals surface area contributed by atoms with E-state index in [2.05, 4.69) is 4.98 Å². The number of carbonyl (C=O) groups excluding carboxylic acids is 1. The topological polar surface area (TPSA) is 36.4 Å². The van der Waals surface area contributed by atoms with Crippen molar-refractivity contribution < 1.29 is 18.0 Å². The van der Waals surface area contributed by atoms with Crippen LogP contribution in [0.1, 0.15) is 28.9 Å². The molecular weight excluding hydrogens is 331 g/mol. The molecule has 3 rings (SSSR count). The molecule has 1 aromatic carbocycles. The molecule has 0 bridgehead atoms. The standard InChI is InChI=1S/C18H18F3N3O/c1-12(14-3-2-13(19)10-16(14)20)23-6-8-24(9-7-23)18(25)15-4-5-22-11-17(15)21/h2-5,10-12H,6-9H2,1H3. The lowest BCUT2D eigenvalue weighted by Gasteiger charge is -2.38. The minimum Gasteiger partial charge on any atom is -0.336 e. The molecule has 1 atom stereocenters. The number of carbonyl (C=O) groups is 1. The molecule has 1 fully saturated rings. The Morgan fingerprint density at radius 1 is 1.08 bits per heavy atom. The Morgan fingerprint density at radius 2 is 1.80 bits per heavy atom. The van der Waals surface area contributed by atoms with E-state index < -0.39 is 17.5 Å². The van der Waals surface area contributed by atoms with Gasteiger partial charge in [-0.05, 0) is 19.1 Å². The van der Waals surface area contributed by atoms with Crippen LogP contribution in [0.15, 0.2) is 36.7 Å². The van der Waals surface area contributed by atoms with Crippen LogP contribution in [0, 0.1) is 17.5 Å². The summed E-state index contributed by atoms with van der Waals surface area (Å²) in [6.07, 6.45) is 2.40. The largest absolute Gasteiger partial charge is 0.336 e. The quantitative estimate of drug-likeness (QED) is 0.855. The highest BCUT2D eigenvalue weighted by Gasteiger charge is 2.27. The van der Waals surface area contributed by atoms with Gasteiger partial charge in [0.05, 0.1) is 11.8 Å². The number of hydrogen-bond acceptors (Lipinski definition) is 3. The summed E-state index contributed by atoms with van der Waals surface area (Å²) in [6, 6.07) is 4.67. The molecule has 0 aliphatic carbocycles. The first kappa shape index (κ1) is 17.4. The van der Waals surface area contributed by atoms with Gasteiger partial charge in [0.25, 0.3) is 5.91 Å². The first-order chi connectivity index (χ1) is 12.0. The molecule has 1 aliphatic heterocycles. The van der Waals surface area contributed by atoms with Gasteiger partial charge in [-0.25, -0.2) is 13.2 Å². The second kappa shape index (κ2) is 7.23. The van der Waals surface area contributed by atoms with Gasteiger partial charge in [-0.3, -0.25) is 14.7 Å². The number of hydrogen-bond donors (Lipinski definition) is 0. The Hall–Kier alpha value is -2.41. The molecule has 2 heterocycles. The van der Waals surface area contributed by atoms with E-state index in [0.717, 1.165) is 12.3 Å². The highest BCUT2D eigenvalue weighted by atomic mass is 19.1. The van der Waals surface area contributed by atoms with Gasteiger partial charge >= 0.3 is 0 Å². The van der Waals surface area contributed by atoms with Gasteiger partial charge in [-0.1, -0.05) is 6.07 Å². The summed E-state index contributed by atoms with van der Waals surface area (Å²) in [5.74, 6) is -2.20. The molecule has 25 heavy (non-hydrogen) atoms. The summed E-state index contributed by atoms with van der Waals surface area (Å²) < 4.78 is 40.7. The summed E-state index contributed by atoms with van der Waals surface area (Å²) in [4.78, 5) is 19.6. The molecule has 0 radical (unpaired) electrons. The van der Waals surface area contributed by atoms with Crippen LogP contribution in [0.3, 0.4) is 0 Å². The van der Waals surface area contributed by atoms with E-state index in [1.807, 2.05) is 11.8 Å². The van der Waals surface area contributed by atoms with Crippen molar-refractivity contribution in [3.63, 3.8) is 0 Å². The normalized spacial score (nSPS) is 16.7. The Bertz CT molecular complexity index is 776. The fraction of sp³-hybridized carbons (Fsp3) is 0.333. The molecule has 2 aromatic rings. The van der Waals surface area contributed by atoms with Crippen molar-refractivity contribution in [2.75, 3.05) is 26.2 Å². The Balaban J connectivity index is 1.65. The number of halogens is 3. The highest BCUT2D eigenvalue weighted by Crippen LogP contribution is 2.25. The maximum absolute atomic E-state index is 13.9. The summed E-state index contributed by atoms with van der Waals surface area (Å²) in [5.41, 5.74) is 0.419. The van der Waals surface area contributed by atoms with Crippen LogP contribution in [-0.4, -0.2) is 46.9 Å². The van der Waals surface area contributed by atoms with Crippen molar-refractivity contribution in [2.24, 2.45) is 0 Å². The smallest absolute Gasteiger partial charge is 0.257 e. The molecule has 4 nitrogen and oxygen atoms in total. The Labute approximate surface area is 143 Å². The zero-order chi connectivity index (χ0) is 18.0. The van der Waals surface area contributed by atoms with Crippen molar-refractivity contribution in [1.29, 1.82) is 0 Å². The van der Waals surface area contributed by atoms with E-state index in [4.69, 9.17) is 0 Å². The van der Waals surface area contributed by atoms with Crippen LogP contribution in [0.2, 0.25) is 0 Å². The zero-order valence-electron chi connectivity index (χ0n) is 13.8. The second-order valence-corrected chi connectivity index (χ2v) is 6.03. The average Bonchev–Trinajstić information content (AvgIpc) is 2.61. The van der Waals surface area contributed by atoms with Crippen LogP contribution >= 0.6 is 0 Å². The maximum atomic E-state index is 13.9. The third-order valence-electron chi connectivity index (χ3n) is 4.56. The van der Waals surface area contributed by atoms with E-state index in [0.29, 0.717) is 31.7 Å². The number of rotatable bonds is 3. The summed E-state index contributed by atoms with van der Waals surface area (Å²) in [7, 11) is 0. The van der Waals surface area contributed by atoms with E-state index in [1.54, 1.807) is 4.90 Å². The summed E-state index contributed by atoms with van der Waals surface area (Å²) >= 11 is 0. The van der Waals surface area contributed by atoms with Gasteiger partial charge in [0.1, 0.15) is 11.6 Å². The highest BCUT2D eigenvalue weighted by molar-refractivity contribution is 5.94. The number of aromatic nitrogens is 1. The monoisotopic (exact) mass is 349 g/mol. The molecule has 1 amide bonds. The van der Waals surface area contributed by atoms with Gasteiger partial charge in [0.15, 0.2) is 5.82 Å². The number of benzene rings is 1. The van der Waals surface area contributed by atoms with Gasteiger partial charge in [-0.15, -0.1) is 0 Å². The molecule has 7 heteroatoms. The molecular formula is C18H18F3N3O. The molecule has 1 unspecified atom stereocenters. The van der Waals surface area contributed by atoms with E-state index in [1.165, 1.54) is 24.4 Å². The number of amides is 1. The molecule has 0 saturated carbocycles. The second-order valence-electron chi connectivity index (χ2n) is 6.03. The third-order valence-corrected chi connectivity index (χ3v) is 4.56. The predicted molar refractivity (Wildman–Crippen MR) is 86.4 cm³/mol. The maximum Gasteiger partial charge on any atom is 0.257 e. The molecule has 0 spiro atoms. The van der Waals surface area contributed by atoms with Crippen LogP contribution in [0.25, 0.3) is 0 Å². The zero-order valence-corrected chi connectivity index (χ0v) is 13.8. The third kappa shape index (κ3) is 3.66. The van der Waals surface area contributed by atoms with E-state index in [9.17, 15) is 18.0 Å². The van der Waals surface area contributed by atoms with Crippen LogP contribution in [-0.2, 0) is 0 Å². The lowest BCUT2D eigenvalue weighted by atomic mass is 10.0. The molecule has 0 N–H and O–H groups in total. The average molecular weight is 349 g/mol. The lowest BCUT2D eigenvalue weighted by Crippen LogP contribution is -2.49. The molecule has 1 aromatic heterocycles. The van der Waals surface area contributed by atoms with Gasteiger partial charge in [0, 0.05) is 50.0 Å². The molecule has 1 saturated heterocycles. The Morgan fingerprint density at radius 3 is 2.44 bits per heavy atom. The fourth-order valence-electron chi connectivity index (χ4n) is 3.07. The predicted octanol–water partition coefficient (Wildman–Crippen LogP) is 3.02. The molecule has 132 valence electrons. The van der Waals surface area contributed by atoms with Gasteiger partial charge in [-0.2, -0.15) is 0 Å². The SMILES string of the molecule is CC(c1ccc(F)cc1F)N1CCN(C(=O)c2ccncc2F)CC1. The van der Waals surface area contributed by atoms with Crippen LogP contribution < -0.4 is 0 Å². The Kier molecular flexibility index (Phi) is 5.03. The van der Waals surface area contributed by atoms with Crippen molar-refractivity contribution in [1.82, 2.24) is 14.8 Å². The fourth-order valence-corrected chi connectivity index (χ4v) is 3.07. The first-order valence-electron chi connectivity index (χ1n) is 8.05. The van der Waals surface area contributed by atoms with Crippen LogP contribution in [0.4, 0.5) is 13.2 Å². The minimum absolute atomic E-state index is 0.000998. The minimum atomic E-state index is -0.642. The number of nitrogens with zero attached hydrogens (tertiary/aromatic N) is 3. The first-order valence-corrected chi connectivity index (χ1v) is 8.05. The number of piperazine rings is 1. The van der Waals surface area contributed by atoms with Crippen molar-refractivity contribution in [3.05, 3.63) is 65.2 Å². The van der Waals surface area contributed by atoms with E-state index in [-0.39, 0.29) is 17.5 Å². The van der Waals surface area contributed by atoms with Crippen LogP contribution in [0.5, 0.6) is 0 Å². The van der Waals surface area contributed by atoms with Gasteiger partial charge < -0.3 is 4.90 Å². The lowest BCUT2D eigenvalue weighted by molar-refractivity contribution is 0.0574. The summed E-state index contributed by atoms with van der Waals surface area (Å²) in [5, 5.41) is 0. The van der Waals surface area contributed by atoms with Gasteiger partial charge in [0.2, 0.25) is 0 Å². The van der Waals surface area contributed by atoms with Crippen molar-refractivity contribution in [3.8, 4) is 0 Å². The van der Waals surface area contributed by atoms with Crippen molar-refractivity contribution >= 4 is 5.91 Å². The molecule has 1 aliphatic rings. The summed E-state index contributed by atoms with van der Waals surface area (Å²) in [6.45, 7) is 3.71. The van der Waals surface area contributed by atoms with Crippen molar-refractivity contribution in [2.45, 2.75) is 13.0 Å². The van der Waals surface area contributed by atoms with E-state index >= 15 is 0 Å².